The number of carboxylic acids is 1. The van der Waals surface area contributed by atoms with E-state index in [2.05, 4.69) is 0 Å². The van der Waals surface area contributed by atoms with E-state index in [4.69, 9.17) is 4.74 Å². The summed E-state index contributed by atoms with van der Waals surface area (Å²) in [6, 6.07) is 0.373. The molecule has 5 rings (SSSR count). The number of methoxy groups -OCH3 is 1. The number of benzene rings is 1. The fourth-order valence-electron chi connectivity index (χ4n) is 5.32. The SMILES string of the molecule is COc1c(N2C[C@@H]3CCCN(S(=O)(=O)[O-])[C@@H]3C2)c(F)cc2c(=O)c(C(=O)[O-])cn(C3CC3)c12.[Na+].[Na+]. The van der Waals surface area contributed by atoms with E-state index >= 15 is 4.39 Å². The number of fused-ring (bicyclic) bond motifs is 2. The van der Waals surface area contributed by atoms with E-state index in [1.54, 1.807) is 9.47 Å². The van der Waals surface area contributed by atoms with Crippen molar-refractivity contribution in [2.45, 2.75) is 37.8 Å². The van der Waals surface area contributed by atoms with Gasteiger partial charge < -0.3 is 28.7 Å². The minimum atomic E-state index is -4.65. The smallest absolute Gasteiger partial charge is 0.735 e. The second-order valence-electron chi connectivity index (χ2n) is 8.88. The molecular weight excluding hydrogens is 503 g/mol. The first-order valence-corrected chi connectivity index (χ1v) is 12.1. The zero-order valence-corrected chi connectivity index (χ0v) is 24.6. The number of rotatable bonds is 5. The molecule has 2 saturated heterocycles. The van der Waals surface area contributed by atoms with Crippen molar-refractivity contribution in [2.24, 2.45) is 5.92 Å². The second kappa shape index (κ2) is 10.6. The molecule has 1 aromatic carbocycles. The standard InChI is InChI=1S/C21H24FN3O7S.2Na/c1-32-20-17-13(19(26)14(21(27)28)9-24(17)12-4-5-12)7-15(22)18(20)23-8-11-3-2-6-25(16(11)10-23)33(29,30)31;;/h7,9,11-12,16H,2-6,8,10H2,1H3,(H,27,28)(H,29,30,31);;/q;2*+1/p-2/t11-,16+;;/m0../s1. The summed E-state index contributed by atoms with van der Waals surface area (Å²) < 4.78 is 58.9. The van der Waals surface area contributed by atoms with E-state index in [1.165, 1.54) is 13.3 Å². The Balaban J connectivity index is 0.00000171. The Morgan fingerprint density at radius 3 is 2.46 bits per heavy atom. The zero-order valence-electron chi connectivity index (χ0n) is 19.8. The van der Waals surface area contributed by atoms with Crippen LogP contribution in [-0.4, -0.2) is 60.6 Å². The summed E-state index contributed by atoms with van der Waals surface area (Å²) in [7, 11) is -3.31. The first-order valence-electron chi connectivity index (χ1n) is 10.8. The van der Waals surface area contributed by atoms with Crippen LogP contribution in [0.15, 0.2) is 17.1 Å². The molecule has 0 amide bonds. The molecule has 35 heavy (non-hydrogen) atoms. The van der Waals surface area contributed by atoms with Gasteiger partial charge in [0.05, 0.1) is 29.5 Å². The van der Waals surface area contributed by atoms with E-state index in [-0.39, 0.29) is 107 Å². The number of carbonyl (C=O) groups excluding carboxylic acids is 1. The van der Waals surface area contributed by atoms with Crippen LogP contribution in [0.4, 0.5) is 10.1 Å². The quantitative estimate of drug-likeness (QED) is 0.279. The number of hydrogen-bond donors (Lipinski definition) is 0. The van der Waals surface area contributed by atoms with Gasteiger partial charge in [-0.15, -0.1) is 0 Å². The Morgan fingerprint density at radius 1 is 1.20 bits per heavy atom. The van der Waals surface area contributed by atoms with Crippen LogP contribution < -0.4 is 79.3 Å². The molecule has 0 spiro atoms. The number of aromatic carboxylic acids is 1. The summed E-state index contributed by atoms with van der Waals surface area (Å²) in [6.07, 6.45) is 4.00. The maximum Gasteiger partial charge on any atom is 1.00 e. The Morgan fingerprint density at radius 2 is 1.89 bits per heavy atom. The van der Waals surface area contributed by atoms with E-state index in [9.17, 15) is 27.7 Å². The fourth-order valence-corrected chi connectivity index (χ4v) is 6.24. The molecule has 1 aliphatic carbocycles. The first kappa shape index (κ1) is 28.9. The van der Waals surface area contributed by atoms with Gasteiger partial charge in [-0.2, -0.15) is 0 Å². The Labute approximate surface area is 245 Å². The Bertz CT molecular complexity index is 1330. The number of nitrogens with zero attached hydrogens (tertiary/aromatic N) is 3. The van der Waals surface area contributed by atoms with Gasteiger partial charge in [0.1, 0.15) is 5.69 Å². The van der Waals surface area contributed by atoms with Gasteiger partial charge in [0, 0.05) is 37.9 Å². The zero-order chi connectivity index (χ0) is 23.7. The molecule has 0 radical (unpaired) electrons. The van der Waals surface area contributed by atoms with E-state index in [0.29, 0.717) is 19.4 Å². The largest absolute Gasteiger partial charge is 1.00 e. The predicted octanol–water partition coefficient (Wildman–Crippen LogP) is -5.78. The third-order valence-electron chi connectivity index (χ3n) is 6.90. The van der Waals surface area contributed by atoms with Crippen molar-refractivity contribution in [3.8, 4) is 5.75 Å². The molecule has 0 N–H and O–H groups in total. The summed E-state index contributed by atoms with van der Waals surface area (Å²) >= 11 is 0. The van der Waals surface area contributed by atoms with Crippen molar-refractivity contribution < 1.29 is 91.1 Å². The van der Waals surface area contributed by atoms with Gasteiger partial charge in [-0.3, -0.25) is 4.79 Å². The van der Waals surface area contributed by atoms with E-state index < -0.39 is 39.1 Å². The van der Waals surface area contributed by atoms with Gasteiger partial charge in [-0.1, -0.05) is 0 Å². The predicted molar refractivity (Wildman–Crippen MR) is 112 cm³/mol. The van der Waals surface area contributed by atoms with Crippen LogP contribution in [0.3, 0.4) is 0 Å². The number of anilines is 1. The van der Waals surface area contributed by atoms with Crippen LogP contribution >= 0.6 is 0 Å². The summed E-state index contributed by atoms with van der Waals surface area (Å²) in [5.74, 6) is -2.49. The number of piperidine rings is 1. The Hall–Kier alpha value is -0.700. The fraction of sp³-hybridized carbons (Fsp3) is 0.524. The normalized spacial score (nSPS) is 22.3. The van der Waals surface area contributed by atoms with Crippen molar-refractivity contribution >= 4 is 32.9 Å². The van der Waals surface area contributed by atoms with Crippen molar-refractivity contribution in [3.63, 3.8) is 0 Å². The van der Waals surface area contributed by atoms with Crippen LogP contribution in [0, 0.1) is 11.7 Å². The van der Waals surface area contributed by atoms with Gasteiger partial charge in [0.25, 0.3) is 0 Å². The topological polar surface area (TPSA) is 135 Å². The molecule has 0 bridgehead atoms. The molecular formula is C21H22FN3Na2O7S. The molecule has 14 heteroatoms. The van der Waals surface area contributed by atoms with Gasteiger partial charge in [-0.25, -0.2) is 17.1 Å². The van der Waals surface area contributed by atoms with Crippen LogP contribution in [0.1, 0.15) is 42.1 Å². The number of ether oxygens (including phenoxy) is 1. The van der Waals surface area contributed by atoms with Gasteiger partial charge >= 0.3 is 59.1 Å². The minimum absolute atomic E-state index is 0. The van der Waals surface area contributed by atoms with Crippen LogP contribution in [0.5, 0.6) is 5.75 Å². The summed E-state index contributed by atoms with van der Waals surface area (Å²) in [4.78, 5) is 25.9. The van der Waals surface area contributed by atoms with Gasteiger partial charge in [0.2, 0.25) is 0 Å². The maximum absolute atomic E-state index is 15.5. The first-order chi connectivity index (χ1) is 15.6. The number of pyridine rings is 1. The van der Waals surface area contributed by atoms with Gasteiger partial charge in [-0.05, 0) is 37.7 Å². The number of carboxylic acid groups (broad SMARTS) is 1. The molecule has 1 aromatic heterocycles. The number of carbonyl (C=O) groups is 1. The molecule has 3 heterocycles. The number of hydrogen-bond acceptors (Lipinski definition) is 8. The third-order valence-corrected chi connectivity index (χ3v) is 7.92. The third kappa shape index (κ3) is 5.06. The second-order valence-corrected chi connectivity index (χ2v) is 10.2. The monoisotopic (exact) mass is 525 g/mol. The average Bonchev–Trinajstić information content (AvgIpc) is 3.50. The Kier molecular flexibility index (Phi) is 8.73. The molecule has 3 aliphatic rings. The molecule has 2 aliphatic heterocycles. The molecule has 2 atom stereocenters. The van der Waals surface area contributed by atoms with Crippen LogP contribution in [0.25, 0.3) is 10.9 Å². The summed E-state index contributed by atoms with van der Waals surface area (Å²) in [5, 5.41) is 11.4. The molecule has 0 unspecified atom stereocenters. The van der Waals surface area contributed by atoms with Crippen molar-refractivity contribution in [3.05, 3.63) is 33.9 Å². The van der Waals surface area contributed by atoms with E-state index in [0.717, 1.165) is 23.2 Å². The summed E-state index contributed by atoms with van der Waals surface area (Å²) in [6.45, 7) is 0.557. The van der Waals surface area contributed by atoms with Crippen molar-refractivity contribution in [1.29, 1.82) is 0 Å². The van der Waals surface area contributed by atoms with E-state index in [1.807, 2.05) is 0 Å². The van der Waals surface area contributed by atoms with Crippen LogP contribution in [-0.2, 0) is 10.3 Å². The minimum Gasteiger partial charge on any atom is -0.735 e. The van der Waals surface area contributed by atoms with Gasteiger partial charge in [0.15, 0.2) is 27.3 Å². The average molecular weight is 525 g/mol. The number of halogens is 1. The molecule has 10 nitrogen and oxygen atoms in total. The summed E-state index contributed by atoms with van der Waals surface area (Å²) in [5.41, 5.74) is -1.05. The molecule has 178 valence electrons. The van der Waals surface area contributed by atoms with Crippen molar-refractivity contribution in [1.82, 2.24) is 8.87 Å². The maximum atomic E-state index is 15.5. The molecule has 1 saturated carbocycles. The van der Waals surface area contributed by atoms with Crippen LogP contribution in [0.2, 0.25) is 0 Å². The number of aromatic nitrogens is 1. The molecule has 3 fully saturated rings. The molecule has 2 aromatic rings. The van der Waals surface area contributed by atoms with Crippen molar-refractivity contribution in [2.75, 3.05) is 31.6 Å².